The second kappa shape index (κ2) is 10.1. The summed E-state index contributed by atoms with van der Waals surface area (Å²) < 4.78 is 12.8. The molecule has 1 saturated heterocycles. The zero-order valence-electron chi connectivity index (χ0n) is 28.4. The summed E-state index contributed by atoms with van der Waals surface area (Å²) in [5, 5.41) is 36.9. The van der Waals surface area contributed by atoms with Crippen molar-refractivity contribution in [3.8, 4) is 0 Å². The maximum absolute atomic E-state index is 12.9. The van der Waals surface area contributed by atoms with Gasteiger partial charge in [-0.3, -0.25) is 4.98 Å². The molecule has 13 atom stereocenters. The molecular formula is C37H56N2O6. The average molecular weight is 625 g/mol. The van der Waals surface area contributed by atoms with Gasteiger partial charge in [0.25, 0.3) is 0 Å². The molecule has 6 aliphatic rings. The maximum Gasteiger partial charge on any atom is 0.407 e. The van der Waals surface area contributed by atoms with Gasteiger partial charge in [0, 0.05) is 17.0 Å². The fourth-order valence-corrected chi connectivity index (χ4v) is 13.0. The Morgan fingerprint density at radius 3 is 2.51 bits per heavy atom. The molecule has 4 N–H and O–H groups in total. The SMILES string of the molecule is CC1CC(C(O)C(C)(C)O)OC2C1C1(C)CCC34CC35CCC(OC(=O)NCc3ccccn3)C(C)(C)C5CCC4C1(C)C2O. The predicted octanol–water partition coefficient (Wildman–Crippen LogP) is 5.62. The van der Waals surface area contributed by atoms with E-state index in [4.69, 9.17) is 9.47 Å². The van der Waals surface area contributed by atoms with Crippen molar-refractivity contribution < 1.29 is 29.6 Å². The van der Waals surface area contributed by atoms with Gasteiger partial charge in [0.2, 0.25) is 0 Å². The molecule has 13 unspecified atom stereocenters. The Morgan fingerprint density at radius 2 is 1.82 bits per heavy atom. The maximum atomic E-state index is 12.9. The van der Waals surface area contributed by atoms with Crippen LogP contribution in [0.15, 0.2) is 24.4 Å². The van der Waals surface area contributed by atoms with Crippen LogP contribution in [0.1, 0.15) is 106 Å². The molecule has 0 radical (unpaired) electrons. The Morgan fingerprint density at radius 1 is 1.11 bits per heavy atom. The number of pyridine rings is 1. The molecule has 45 heavy (non-hydrogen) atoms. The summed E-state index contributed by atoms with van der Waals surface area (Å²) in [6.07, 6.45) is 7.05. The molecule has 7 rings (SSSR count). The molecule has 0 aromatic carbocycles. The number of aliphatic hydroxyl groups excluding tert-OH is 2. The summed E-state index contributed by atoms with van der Waals surface area (Å²) in [7, 11) is 0. The van der Waals surface area contributed by atoms with Gasteiger partial charge in [-0.05, 0) is 117 Å². The first-order valence-corrected chi connectivity index (χ1v) is 17.6. The first kappa shape index (κ1) is 31.8. The normalized spacial score (nSPS) is 48.5. The summed E-state index contributed by atoms with van der Waals surface area (Å²) in [5.74, 6) is 1.38. The number of hydrogen-bond acceptors (Lipinski definition) is 7. The molecule has 2 heterocycles. The fraction of sp³-hybridized carbons (Fsp3) is 0.838. The summed E-state index contributed by atoms with van der Waals surface area (Å²) in [6, 6.07) is 5.68. The summed E-state index contributed by atoms with van der Waals surface area (Å²) in [4.78, 5) is 17.2. The van der Waals surface area contributed by atoms with Crippen LogP contribution in [0.3, 0.4) is 0 Å². The molecule has 1 aromatic rings. The first-order valence-electron chi connectivity index (χ1n) is 17.6. The molecule has 8 nitrogen and oxygen atoms in total. The lowest BCUT2D eigenvalue weighted by Gasteiger charge is -2.63. The van der Waals surface area contributed by atoms with Gasteiger partial charge in [0.1, 0.15) is 12.2 Å². The number of nitrogens with zero attached hydrogens (tertiary/aromatic N) is 1. The van der Waals surface area contributed by atoms with Crippen LogP contribution in [-0.2, 0) is 16.0 Å². The number of amides is 1. The first-order chi connectivity index (χ1) is 21.0. The number of ether oxygens (including phenoxy) is 2. The van der Waals surface area contributed by atoms with Gasteiger partial charge in [-0.15, -0.1) is 0 Å². The van der Waals surface area contributed by atoms with Gasteiger partial charge in [0.15, 0.2) is 0 Å². The summed E-state index contributed by atoms with van der Waals surface area (Å²) >= 11 is 0. The molecule has 1 aromatic heterocycles. The Kier molecular flexibility index (Phi) is 7.17. The van der Waals surface area contributed by atoms with Crippen molar-refractivity contribution in [1.29, 1.82) is 0 Å². The number of carbonyl (C=O) groups is 1. The number of alkyl carbamates (subject to hydrolysis) is 1. The van der Waals surface area contributed by atoms with E-state index < -0.39 is 23.9 Å². The van der Waals surface area contributed by atoms with Gasteiger partial charge in [0.05, 0.1) is 36.2 Å². The van der Waals surface area contributed by atoms with Gasteiger partial charge >= 0.3 is 6.09 Å². The molecule has 5 aliphatic carbocycles. The van der Waals surface area contributed by atoms with Crippen molar-refractivity contribution in [2.45, 2.75) is 142 Å². The number of fused-ring (bicyclic) bond motifs is 4. The van der Waals surface area contributed by atoms with Crippen LogP contribution in [0, 0.1) is 50.7 Å². The van der Waals surface area contributed by atoms with Gasteiger partial charge in [-0.2, -0.15) is 0 Å². The highest BCUT2D eigenvalue weighted by Crippen LogP contribution is 2.89. The lowest BCUT2D eigenvalue weighted by Crippen LogP contribution is -2.60. The Hall–Kier alpha value is -1.74. The average Bonchev–Trinajstić information content (AvgIpc) is 3.62. The van der Waals surface area contributed by atoms with Crippen molar-refractivity contribution in [3.05, 3.63) is 30.1 Å². The third-order valence-corrected chi connectivity index (χ3v) is 15.2. The van der Waals surface area contributed by atoms with E-state index in [0.29, 0.717) is 24.8 Å². The minimum atomic E-state index is -1.26. The summed E-state index contributed by atoms with van der Waals surface area (Å²) in [6.45, 7) is 15.3. The van der Waals surface area contributed by atoms with E-state index in [1.807, 2.05) is 18.2 Å². The Labute approximate surface area is 269 Å². The molecule has 2 spiro atoms. The molecule has 1 aliphatic heterocycles. The van der Waals surface area contributed by atoms with E-state index in [-0.39, 0.29) is 57.2 Å². The minimum absolute atomic E-state index is 0.0603. The van der Waals surface area contributed by atoms with Gasteiger partial charge in [-0.25, -0.2) is 4.79 Å². The lowest BCUT2D eigenvalue weighted by atomic mass is 9.41. The molecule has 0 bridgehead atoms. The van der Waals surface area contributed by atoms with Crippen molar-refractivity contribution >= 4 is 6.09 Å². The number of aromatic nitrogens is 1. The van der Waals surface area contributed by atoms with Crippen LogP contribution >= 0.6 is 0 Å². The third-order valence-electron chi connectivity index (χ3n) is 15.2. The monoisotopic (exact) mass is 624 g/mol. The van der Waals surface area contributed by atoms with Crippen LogP contribution in [0.25, 0.3) is 0 Å². The van der Waals surface area contributed by atoms with E-state index in [9.17, 15) is 20.1 Å². The van der Waals surface area contributed by atoms with Crippen molar-refractivity contribution in [3.63, 3.8) is 0 Å². The van der Waals surface area contributed by atoms with E-state index >= 15 is 0 Å². The van der Waals surface area contributed by atoms with Crippen LogP contribution in [0.5, 0.6) is 0 Å². The second-order valence-electron chi connectivity index (χ2n) is 17.7. The largest absolute Gasteiger partial charge is 0.446 e. The second-order valence-corrected chi connectivity index (χ2v) is 17.7. The highest BCUT2D eigenvalue weighted by Gasteiger charge is 2.84. The molecule has 6 fully saturated rings. The van der Waals surface area contributed by atoms with E-state index in [1.54, 1.807) is 20.0 Å². The molecule has 250 valence electrons. The van der Waals surface area contributed by atoms with Crippen LogP contribution in [-0.4, -0.2) is 62.5 Å². The zero-order valence-corrected chi connectivity index (χ0v) is 28.4. The number of nitrogens with one attached hydrogen (secondary N) is 1. The number of carbonyl (C=O) groups excluding carboxylic acids is 1. The zero-order chi connectivity index (χ0) is 32.4. The van der Waals surface area contributed by atoms with Gasteiger partial charge in [-0.1, -0.05) is 40.7 Å². The smallest absolute Gasteiger partial charge is 0.407 e. The highest BCUT2D eigenvalue weighted by molar-refractivity contribution is 5.67. The lowest BCUT2D eigenvalue weighted by molar-refractivity contribution is -0.202. The van der Waals surface area contributed by atoms with Crippen LogP contribution in [0.2, 0.25) is 0 Å². The van der Waals surface area contributed by atoms with Gasteiger partial charge < -0.3 is 30.1 Å². The Balaban J connectivity index is 1.11. The highest BCUT2D eigenvalue weighted by atomic mass is 16.6. The molecule has 5 saturated carbocycles. The summed E-state index contributed by atoms with van der Waals surface area (Å²) in [5.41, 5.74) is -0.512. The van der Waals surface area contributed by atoms with E-state index in [0.717, 1.165) is 37.8 Å². The van der Waals surface area contributed by atoms with E-state index in [2.05, 4.69) is 44.9 Å². The molecule has 8 heteroatoms. The number of hydrogen-bond donors (Lipinski definition) is 4. The quantitative estimate of drug-likeness (QED) is 0.336. The predicted molar refractivity (Wildman–Crippen MR) is 170 cm³/mol. The number of aliphatic hydroxyl groups is 3. The van der Waals surface area contributed by atoms with Crippen molar-refractivity contribution in [2.24, 2.45) is 50.7 Å². The Bertz CT molecular complexity index is 1320. The third kappa shape index (κ3) is 4.23. The molecular weight excluding hydrogens is 568 g/mol. The van der Waals surface area contributed by atoms with Crippen molar-refractivity contribution in [2.75, 3.05) is 0 Å². The van der Waals surface area contributed by atoms with Crippen LogP contribution in [0.4, 0.5) is 4.79 Å². The van der Waals surface area contributed by atoms with Crippen LogP contribution < -0.4 is 5.32 Å². The topological polar surface area (TPSA) is 121 Å². The van der Waals surface area contributed by atoms with E-state index in [1.165, 1.54) is 12.8 Å². The standard InChI is InChI=1S/C37H56N2O6/c1-21-18-23(29(40)33(4,5)43)44-28-27(21)34(6)15-16-37-20-36(37)14-13-26(45-31(42)39-19-22-10-8-9-17-38-22)32(2,3)24(36)11-12-25(37)35(34,7)30(28)41/h8-10,17,21,23-30,40-41,43H,11-16,18-20H2,1-7H3,(H,39,42). The fourth-order valence-electron chi connectivity index (χ4n) is 13.0. The molecule has 1 amide bonds. The van der Waals surface area contributed by atoms with Crippen molar-refractivity contribution in [1.82, 2.24) is 10.3 Å². The number of rotatable bonds is 5. The minimum Gasteiger partial charge on any atom is -0.446 e.